The number of aromatic nitrogens is 2. The third-order valence-corrected chi connectivity index (χ3v) is 2.94. The first-order valence-electron chi connectivity index (χ1n) is 5.57. The summed E-state index contributed by atoms with van der Waals surface area (Å²) < 4.78 is 0. The highest BCUT2D eigenvalue weighted by molar-refractivity contribution is 5.27. The fourth-order valence-electron chi connectivity index (χ4n) is 1.82. The summed E-state index contributed by atoms with van der Waals surface area (Å²) in [5, 5.41) is 0. The van der Waals surface area contributed by atoms with Crippen LogP contribution in [-0.4, -0.2) is 9.97 Å². The molecule has 0 bridgehead atoms. The van der Waals surface area contributed by atoms with Gasteiger partial charge in [0.1, 0.15) is 6.33 Å². The lowest BCUT2D eigenvalue weighted by Crippen LogP contribution is -1.98. The van der Waals surface area contributed by atoms with Crippen molar-refractivity contribution >= 4 is 0 Å². The van der Waals surface area contributed by atoms with Crippen LogP contribution >= 0.6 is 0 Å². The van der Waals surface area contributed by atoms with Crippen molar-refractivity contribution in [3.63, 3.8) is 0 Å². The van der Waals surface area contributed by atoms with Crippen LogP contribution in [0, 0.1) is 13.8 Å². The van der Waals surface area contributed by atoms with Crippen molar-refractivity contribution in [1.29, 1.82) is 0 Å². The molecule has 2 heteroatoms. The van der Waals surface area contributed by atoms with E-state index in [2.05, 4.69) is 41.2 Å². The Morgan fingerprint density at radius 3 is 2.50 bits per heavy atom. The van der Waals surface area contributed by atoms with E-state index in [-0.39, 0.29) is 0 Å². The van der Waals surface area contributed by atoms with E-state index in [0.29, 0.717) is 0 Å². The van der Waals surface area contributed by atoms with Crippen LogP contribution in [0.15, 0.2) is 36.8 Å². The molecule has 0 fully saturated rings. The van der Waals surface area contributed by atoms with Gasteiger partial charge >= 0.3 is 0 Å². The van der Waals surface area contributed by atoms with Crippen LogP contribution < -0.4 is 0 Å². The van der Waals surface area contributed by atoms with Gasteiger partial charge in [0.15, 0.2) is 0 Å². The summed E-state index contributed by atoms with van der Waals surface area (Å²) in [6.07, 6.45) is 5.59. The van der Waals surface area contributed by atoms with Crippen molar-refractivity contribution in [2.24, 2.45) is 0 Å². The second kappa shape index (κ2) is 4.88. The lowest BCUT2D eigenvalue weighted by atomic mass is 10.0. The standard InChI is InChI=1S/C14H16N2/c1-11-5-3-4-6-13(11)7-8-14-9-15-10-16-12(14)2/h3-6,9-10H,7-8H2,1-2H3. The molecule has 1 aromatic heterocycles. The largest absolute Gasteiger partial charge is 0.245 e. The minimum Gasteiger partial charge on any atom is -0.245 e. The Morgan fingerprint density at radius 2 is 1.75 bits per heavy atom. The average Bonchev–Trinajstić information content (AvgIpc) is 2.30. The smallest absolute Gasteiger partial charge is 0.115 e. The molecule has 0 atom stereocenters. The zero-order valence-corrected chi connectivity index (χ0v) is 9.77. The van der Waals surface area contributed by atoms with Gasteiger partial charge in [0.2, 0.25) is 0 Å². The fraction of sp³-hybridized carbons (Fsp3) is 0.286. The lowest BCUT2D eigenvalue weighted by molar-refractivity contribution is 0.903. The predicted molar refractivity (Wildman–Crippen MR) is 65.4 cm³/mol. The van der Waals surface area contributed by atoms with Gasteiger partial charge in [0, 0.05) is 11.9 Å². The van der Waals surface area contributed by atoms with E-state index < -0.39 is 0 Å². The SMILES string of the molecule is Cc1ccccc1CCc1cncnc1C. The molecule has 0 aliphatic rings. The fourth-order valence-corrected chi connectivity index (χ4v) is 1.82. The second-order valence-corrected chi connectivity index (χ2v) is 4.06. The normalized spacial score (nSPS) is 10.4. The van der Waals surface area contributed by atoms with Crippen LogP contribution in [0.3, 0.4) is 0 Å². The summed E-state index contributed by atoms with van der Waals surface area (Å²) in [5.41, 5.74) is 5.09. The molecule has 82 valence electrons. The Bertz CT molecular complexity index is 432. The first-order valence-corrected chi connectivity index (χ1v) is 5.57. The number of aryl methyl sites for hydroxylation is 4. The highest BCUT2D eigenvalue weighted by Crippen LogP contribution is 2.12. The van der Waals surface area contributed by atoms with Crippen molar-refractivity contribution in [3.8, 4) is 0 Å². The summed E-state index contributed by atoms with van der Waals surface area (Å²) in [5.74, 6) is 0. The first kappa shape index (κ1) is 10.8. The van der Waals surface area contributed by atoms with Gasteiger partial charge < -0.3 is 0 Å². The Labute approximate surface area is 96.4 Å². The number of nitrogens with zero attached hydrogens (tertiary/aromatic N) is 2. The average molecular weight is 212 g/mol. The van der Waals surface area contributed by atoms with Crippen LogP contribution in [-0.2, 0) is 12.8 Å². The quantitative estimate of drug-likeness (QED) is 0.781. The molecule has 0 unspecified atom stereocenters. The van der Waals surface area contributed by atoms with Gasteiger partial charge in [0.05, 0.1) is 0 Å². The minimum atomic E-state index is 1.01. The number of benzene rings is 1. The van der Waals surface area contributed by atoms with Crippen LogP contribution in [0.4, 0.5) is 0 Å². The second-order valence-electron chi connectivity index (χ2n) is 4.06. The molecule has 0 N–H and O–H groups in total. The molecule has 0 amide bonds. The van der Waals surface area contributed by atoms with E-state index in [0.717, 1.165) is 18.5 Å². The maximum absolute atomic E-state index is 4.20. The first-order chi connectivity index (χ1) is 7.77. The molecular formula is C14H16N2. The molecule has 0 saturated carbocycles. The number of hydrogen-bond donors (Lipinski definition) is 0. The topological polar surface area (TPSA) is 25.8 Å². The molecule has 2 rings (SSSR count). The van der Waals surface area contributed by atoms with Crippen LogP contribution in [0.2, 0.25) is 0 Å². The Morgan fingerprint density at radius 1 is 1.00 bits per heavy atom. The van der Waals surface area contributed by atoms with E-state index >= 15 is 0 Å². The molecule has 0 spiro atoms. The maximum Gasteiger partial charge on any atom is 0.115 e. The van der Waals surface area contributed by atoms with E-state index in [1.54, 1.807) is 6.33 Å². The Balaban J connectivity index is 2.09. The molecule has 0 aliphatic carbocycles. The summed E-state index contributed by atoms with van der Waals surface area (Å²) in [6, 6.07) is 8.52. The van der Waals surface area contributed by atoms with Gasteiger partial charge in [-0.3, -0.25) is 0 Å². The number of hydrogen-bond acceptors (Lipinski definition) is 2. The van der Waals surface area contributed by atoms with Gasteiger partial charge in [-0.15, -0.1) is 0 Å². The molecule has 1 heterocycles. The highest BCUT2D eigenvalue weighted by atomic mass is 14.8. The summed E-state index contributed by atoms with van der Waals surface area (Å²) in [6.45, 7) is 4.19. The van der Waals surface area contributed by atoms with Gasteiger partial charge in [-0.2, -0.15) is 0 Å². The Hall–Kier alpha value is -1.70. The molecule has 0 radical (unpaired) electrons. The molecule has 2 aromatic rings. The van der Waals surface area contributed by atoms with Crippen LogP contribution in [0.1, 0.15) is 22.4 Å². The van der Waals surface area contributed by atoms with E-state index in [9.17, 15) is 0 Å². The van der Waals surface area contributed by atoms with Crippen molar-refractivity contribution in [3.05, 3.63) is 59.2 Å². The zero-order valence-electron chi connectivity index (χ0n) is 9.77. The van der Waals surface area contributed by atoms with E-state index in [1.807, 2.05) is 13.1 Å². The van der Waals surface area contributed by atoms with E-state index in [4.69, 9.17) is 0 Å². The molecule has 0 saturated heterocycles. The Kier molecular flexibility index (Phi) is 3.30. The third-order valence-electron chi connectivity index (χ3n) is 2.94. The lowest BCUT2D eigenvalue weighted by Gasteiger charge is -2.06. The maximum atomic E-state index is 4.20. The van der Waals surface area contributed by atoms with Crippen LogP contribution in [0.25, 0.3) is 0 Å². The molecule has 0 aliphatic heterocycles. The summed E-state index contributed by atoms with van der Waals surface area (Å²) >= 11 is 0. The van der Waals surface area contributed by atoms with Gasteiger partial charge in [0.25, 0.3) is 0 Å². The molecule has 2 nitrogen and oxygen atoms in total. The van der Waals surface area contributed by atoms with Crippen LogP contribution in [0.5, 0.6) is 0 Å². The van der Waals surface area contributed by atoms with Crippen molar-refractivity contribution in [1.82, 2.24) is 9.97 Å². The summed E-state index contributed by atoms with van der Waals surface area (Å²) in [4.78, 5) is 8.27. The van der Waals surface area contributed by atoms with Crippen molar-refractivity contribution < 1.29 is 0 Å². The molecule has 16 heavy (non-hydrogen) atoms. The predicted octanol–water partition coefficient (Wildman–Crippen LogP) is 2.88. The minimum absolute atomic E-state index is 1.01. The monoisotopic (exact) mass is 212 g/mol. The zero-order chi connectivity index (χ0) is 11.4. The van der Waals surface area contributed by atoms with Gasteiger partial charge in [-0.05, 0) is 43.4 Å². The van der Waals surface area contributed by atoms with Crippen molar-refractivity contribution in [2.45, 2.75) is 26.7 Å². The third kappa shape index (κ3) is 2.45. The summed E-state index contributed by atoms with van der Waals surface area (Å²) in [7, 11) is 0. The number of rotatable bonds is 3. The molecular weight excluding hydrogens is 196 g/mol. The highest BCUT2D eigenvalue weighted by Gasteiger charge is 2.01. The van der Waals surface area contributed by atoms with Gasteiger partial charge in [-0.1, -0.05) is 24.3 Å². The van der Waals surface area contributed by atoms with Crippen molar-refractivity contribution in [2.75, 3.05) is 0 Å². The van der Waals surface area contributed by atoms with Gasteiger partial charge in [-0.25, -0.2) is 9.97 Å². The molecule has 1 aromatic carbocycles. The van der Waals surface area contributed by atoms with E-state index in [1.165, 1.54) is 16.7 Å².